The molecule has 0 saturated carbocycles. The molecule has 1 aromatic carbocycles. The number of rotatable bonds is 6. The van der Waals surface area contributed by atoms with Gasteiger partial charge in [-0.25, -0.2) is 4.79 Å². The average molecular weight is 644 g/mol. The molecule has 4 heterocycles. The maximum atomic E-state index is 13.6. The van der Waals surface area contributed by atoms with Gasteiger partial charge in [-0.2, -0.15) is 0 Å². The molecule has 1 saturated heterocycles. The molecule has 2 aromatic heterocycles. The molecule has 0 aliphatic carbocycles. The summed E-state index contributed by atoms with van der Waals surface area (Å²) in [5.41, 5.74) is 4.85. The highest BCUT2D eigenvalue weighted by atomic mass is 35.5. The summed E-state index contributed by atoms with van der Waals surface area (Å²) in [5.74, 6) is 0. The number of aryl methyl sites for hydroxylation is 1. The first-order valence-corrected chi connectivity index (χ1v) is 19.4. The number of amides is 1. The van der Waals surface area contributed by atoms with E-state index in [2.05, 4.69) is 61.9 Å². The van der Waals surface area contributed by atoms with E-state index in [1.165, 1.54) is 11.3 Å². The number of aliphatic hydroxyl groups excluding tert-OH is 1. The molecule has 2 atom stereocenters. The van der Waals surface area contributed by atoms with Crippen molar-refractivity contribution in [3.05, 3.63) is 45.9 Å². The van der Waals surface area contributed by atoms with Gasteiger partial charge in [-0.1, -0.05) is 32.4 Å². The van der Waals surface area contributed by atoms with Gasteiger partial charge in [0, 0.05) is 52.0 Å². The minimum atomic E-state index is -2.02. The molecular formula is C33H46ClN3O4SSi. The number of aromatic nitrogens is 1. The molecule has 7 nitrogen and oxygen atoms in total. The molecule has 234 valence electrons. The van der Waals surface area contributed by atoms with Gasteiger partial charge < -0.3 is 24.1 Å². The van der Waals surface area contributed by atoms with E-state index < -0.39 is 13.9 Å². The second kappa shape index (κ2) is 12.0. The van der Waals surface area contributed by atoms with E-state index in [9.17, 15) is 9.90 Å². The van der Waals surface area contributed by atoms with E-state index in [0.717, 1.165) is 52.0 Å². The number of carbonyl (C=O) groups is 1. The topological polar surface area (TPSA) is 75.1 Å². The van der Waals surface area contributed by atoms with Crippen LogP contribution in [-0.4, -0.2) is 66.8 Å². The number of anilines is 1. The van der Waals surface area contributed by atoms with Gasteiger partial charge >= 0.3 is 6.09 Å². The van der Waals surface area contributed by atoms with E-state index >= 15 is 0 Å². The van der Waals surface area contributed by atoms with Crippen LogP contribution in [0.2, 0.25) is 23.2 Å². The number of halogens is 1. The number of hydrogen-bond donors (Lipinski definition) is 1. The van der Waals surface area contributed by atoms with Crippen LogP contribution >= 0.6 is 22.9 Å². The summed E-state index contributed by atoms with van der Waals surface area (Å²) >= 11 is 8.31. The third-order valence-corrected chi connectivity index (χ3v) is 15.0. The molecule has 0 radical (unpaired) electrons. The molecule has 0 unspecified atom stereocenters. The summed E-state index contributed by atoms with van der Waals surface area (Å²) in [6.07, 6.45) is 4.31. The predicted octanol–water partition coefficient (Wildman–Crippen LogP) is 8.26. The molecule has 1 fully saturated rings. The molecule has 3 aromatic rings. The first-order valence-electron chi connectivity index (χ1n) is 15.3. The van der Waals surface area contributed by atoms with Gasteiger partial charge in [0.25, 0.3) is 0 Å². The Kier molecular flexibility index (Phi) is 8.97. The van der Waals surface area contributed by atoms with E-state index in [0.29, 0.717) is 18.2 Å². The fourth-order valence-corrected chi connectivity index (χ4v) is 8.21. The zero-order chi connectivity index (χ0) is 31.3. The van der Waals surface area contributed by atoms with Crippen LogP contribution in [0.5, 0.6) is 0 Å². The molecule has 1 N–H and O–H groups in total. The minimum Gasteiger partial charge on any atom is -0.444 e. The lowest BCUT2D eigenvalue weighted by Crippen LogP contribution is -2.47. The van der Waals surface area contributed by atoms with Crippen molar-refractivity contribution in [1.82, 2.24) is 9.88 Å². The zero-order valence-electron chi connectivity index (χ0n) is 26.8. The lowest BCUT2D eigenvalue weighted by Gasteiger charge is -2.38. The number of ether oxygens (including phenoxy) is 1. The van der Waals surface area contributed by atoms with Crippen LogP contribution in [0, 0.1) is 0 Å². The van der Waals surface area contributed by atoms with Crippen molar-refractivity contribution in [2.75, 3.05) is 24.6 Å². The number of benzene rings is 1. The Morgan fingerprint density at radius 2 is 1.91 bits per heavy atom. The van der Waals surface area contributed by atoms with Crippen molar-refractivity contribution < 1.29 is 19.1 Å². The quantitative estimate of drug-likeness (QED) is 0.273. The largest absolute Gasteiger partial charge is 0.444 e. The first-order chi connectivity index (χ1) is 20.1. The van der Waals surface area contributed by atoms with Crippen molar-refractivity contribution in [2.45, 2.75) is 103 Å². The SMILES string of the molecule is CC(C)(C)OC(=O)N1C[C@@H](N2CCCc3cc(Cl)cc(-c4ccnc5cc(CO)sc45)c32)C[C@@H]1CO[Si](C)(C)C(C)(C)C. The predicted molar refractivity (Wildman–Crippen MR) is 180 cm³/mol. The Hall–Kier alpha value is -2.17. The van der Waals surface area contributed by atoms with Crippen molar-refractivity contribution in [1.29, 1.82) is 0 Å². The molecule has 43 heavy (non-hydrogen) atoms. The number of nitrogens with zero attached hydrogens (tertiary/aromatic N) is 3. The van der Waals surface area contributed by atoms with Crippen molar-refractivity contribution >= 4 is 53.3 Å². The maximum Gasteiger partial charge on any atom is 0.410 e. The van der Waals surface area contributed by atoms with Crippen LogP contribution in [-0.2, 0) is 22.2 Å². The van der Waals surface area contributed by atoms with Crippen LogP contribution in [0.1, 0.15) is 64.8 Å². The zero-order valence-corrected chi connectivity index (χ0v) is 29.4. The number of pyridine rings is 1. The van der Waals surface area contributed by atoms with Crippen LogP contribution in [0.3, 0.4) is 0 Å². The average Bonchev–Trinajstić information content (AvgIpc) is 3.54. The summed E-state index contributed by atoms with van der Waals surface area (Å²) in [7, 11) is -2.02. The second-order valence-electron chi connectivity index (χ2n) is 14.4. The van der Waals surface area contributed by atoms with Gasteiger partial charge in [-0.15, -0.1) is 11.3 Å². The number of aliphatic hydroxyl groups is 1. The molecule has 5 rings (SSSR count). The van der Waals surface area contributed by atoms with Crippen molar-refractivity contribution in [3.8, 4) is 11.1 Å². The summed E-state index contributed by atoms with van der Waals surface area (Å²) in [6.45, 7) is 19.0. The highest BCUT2D eigenvalue weighted by molar-refractivity contribution is 7.19. The van der Waals surface area contributed by atoms with Gasteiger partial charge in [0.2, 0.25) is 0 Å². The second-order valence-corrected chi connectivity index (χ2v) is 20.8. The molecule has 2 aliphatic rings. The number of thiophene rings is 1. The lowest BCUT2D eigenvalue weighted by atomic mass is 9.92. The van der Waals surface area contributed by atoms with Crippen molar-refractivity contribution in [3.63, 3.8) is 0 Å². The van der Waals surface area contributed by atoms with Crippen LogP contribution < -0.4 is 4.90 Å². The Bertz CT molecular complexity index is 1500. The Morgan fingerprint density at radius 1 is 1.16 bits per heavy atom. The molecule has 0 spiro atoms. The Balaban J connectivity index is 1.53. The summed E-state index contributed by atoms with van der Waals surface area (Å²) in [6, 6.07) is 8.19. The third-order valence-electron chi connectivity index (χ3n) is 9.10. The van der Waals surface area contributed by atoms with E-state index in [4.69, 9.17) is 20.8 Å². The molecular weight excluding hydrogens is 598 g/mol. The molecule has 0 bridgehead atoms. The molecule has 1 amide bonds. The minimum absolute atomic E-state index is 0.0127. The number of likely N-dealkylation sites (tertiary alicyclic amines) is 1. The Labute approximate surface area is 266 Å². The van der Waals surface area contributed by atoms with Gasteiger partial charge in [-0.05, 0) is 88.0 Å². The number of carbonyl (C=O) groups excluding carboxylic acids is 1. The fraction of sp³-hybridized carbons (Fsp3) is 0.576. The summed E-state index contributed by atoms with van der Waals surface area (Å²) < 4.78 is 13.6. The molecule has 10 heteroatoms. The van der Waals surface area contributed by atoms with Gasteiger partial charge in [0.05, 0.1) is 29.5 Å². The normalized spacial score (nSPS) is 19.7. The monoisotopic (exact) mass is 643 g/mol. The van der Waals surface area contributed by atoms with Crippen LogP contribution in [0.15, 0.2) is 30.5 Å². The first kappa shape index (κ1) is 32.2. The number of hydrogen-bond acceptors (Lipinski definition) is 7. The highest BCUT2D eigenvalue weighted by Gasteiger charge is 2.44. The third kappa shape index (κ3) is 6.76. The van der Waals surface area contributed by atoms with Crippen molar-refractivity contribution in [2.24, 2.45) is 0 Å². The maximum absolute atomic E-state index is 13.6. The van der Waals surface area contributed by atoms with Gasteiger partial charge in [0.1, 0.15) is 5.60 Å². The summed E-state index contributed by atoms with van der Waals surface area (Å²) in [4.78, 5) is 23.4. The Morgan fingerprint density at radius 3 is 2.58 bits per heavy atom. The lowest BCUT2D eigenvalue weighted by molar-refractivity contribution is 0.0180. The standard InChI is InChI=1S/C33H46ClN3O4SSi/c1-32(2,3)41-31(39)37-18-23(16-24(37)20-40-43(7,8)33(4,5)6)36-13-9-10-21-14-22(34)15-27(29(21)36)26-11-12-35-28-17-25(19-38)42-30(26)28/h11-12,14-15,17,23-24,38H,9-10,13,16,18-20H2,1-8H3/t23-,24+/m0/s1. The summed E-state index contributed by atoms with van der Waals surface area (Å²) in [5, 5.41) is 10.6. The van der Waals surface area contributed by atoms with E-state index in [1.54, 1.807) is 11.3 Å². The van der Waals surface area contributed by atoms with E-state index in [-0.39, 0.29) is 29.8 Å². The fourth-order valence-electron chi connectivity index (χ4n) is 5.93. The van der Waals surface area contributed by atoms with Crippen LogP contribution in [0.25, 0.3) is 21.3 Å². The highest BCUT2D eigenvalue weighted by Crippen LogP contribution is 2.45. The van der Waals surface area contributed by atoms with Gasteiger partial charge in [0.15, 0.2) is 8.32 Å². The molecule has 2 aliphatic heterocycles. The van der Waals surface area contributed by atoms with E-state index in [1.807, 2.05) is 37.9 Å². The van der Waals surface area contributed by atoms with Crippen LogP contribution in [0.4, 0.5) is 10.5 Å². The number of fused-ring (bicyclic) bond motifs is 2. The smallest absolute Gasteiger partial charge is 0.410 e. The van der Waals surface area contributed by atoms with Gasteiger partial charge in [-0.3, -0.25) is 4.98 Å².